The van der Waals surface area contributed by atoms with Crippen LogP contribution in [0.15, 0.2) is 29.1 Å². The lowest BCUT2D eigenvalue weighted by atomic mass is 10.0. The first kappa shape index (κ1) is 18.6. The van der Waals surface area contributed by atoms with E-state index in [1.165, 1.54) is 12.0 Å². The van der Waals surface area contributed by atoms with Gasteiger partial charge in [0.25, 0.3) is 5.91 Å². The molecule has 6 nitrogen and oxygen atoms in total. The van der Waals surface area contributed by atoms with Crippen molar-refractivity contribution in [1.29, 1.82) is 0 Å². The van der Waals surface area contributed by atoms with Crippen LogP contribution in [0.1, 0.15) is 53.7 Å². The summed E-state index contributed by atoms with van der Waals surface area (Å²) in [7, 11) is 2.10. The minimum atomic E-state index is 0.00252. The van der Waals surface area contributed by atoms with Crippen LogP contribution in [0.2, 0.25) is 0 Å². The third-order valence-electron chi connectivity index (χ3n) is 5.11. The topological polar surface area (TPSA) is 62.5 Å². The third kappa shape index (κ3) is 4.12. The van der Waals surface area contributed by atoms with E-state index in [2.05, 4.69) is 34.9 Å². The predicted octanol–water partition coefficient (Wildman–Crippen LogP) is 3.07. The van der Waals surface area contributed by atoms with Crippen molar-refractivity contribution >= 4 is 5.91 Å². The summed E-state index contributed by atoms with van der Waals surface area (Å²) in [4.78, 5) is 25.9. The number of aromatic nitrogens is 2. The number of nitrogens with zero attached hydrogens (tertiary/aromatic N) is 4. The number of rotatable bonds is 6. The highest BCUT2D eigenvalue weighted by atomic mass is 16.3. The zero-order valence-electron chi connectivity index (χ0n) is 15.9. The van der Waals surface area contributed by atoms with E-state index in [1.54, 1.807) is 0 Å². The second-order valence-corrected chi connectivity index (χ2v) is 7.09. The number of carbonyl (C=O) groups is 1. The molecule has 2 aromatic heterocycles. The monoisotopic (exact) mass is 356 g/mol. The van der Waals surface area contributed by atoms with Crippen LogP contribution < -0.4 is 0 Å². The van der Waals surface area contributed by atoms with Crippen LogP contribution in [-0.4, -0.2) is 51.9 Å². The summed E-state index contributed by atoms with van der Waals surface area (Å²) in [6, 6.07) is 4.25. The molecule has 0 aromatic carbocycles. The molecule has 0 N–H and O–H groups in total. The fourth-order valence-electron chi connectivity index (χ4n) is 3.65. The molecule has 1 aliphatic heterocycles. The lowest BCUT2D eigenvalue weighted by molar-refractivity contribution is 0.0550. The van der Waals surface area contributed by atoms with Crippen molar-refractivity contribution in [2.75, 3.05) is 20.1 Å². The number of hydrogen-bond donors (Lipinski definition) is 0. The highest BCUT2D eigenvalue weighted by Crippen LogP contribution is 2.22. The van der Waals surface area contributed by atoms with Gasteiger partial charge in [0.1, 0.15) is 5.76 Å². The molecule has 1 saturated heterocycles. The van der Waals surface area contributed by atoms with Crippen LogP contribution in [0.25, 0.3) is 0 Å². The SMILES string of the molecule is CCc1ocnc1C(=O)N1CCCC[C@@H]1CN(C)Cc1ncccc1C. The van der Waals surface area contributed by atoms with Crippen molar-refractivity contribution in [3.63, 3.8) is 0 Å². The van der Waals surface area contributed by atoms with Crippen molar-refractivity contribution in [2.45, 2.75) is 52.1 Å². The number of amides is 1. The molecule has 0 unspecified atom stereocenters. The van der Waals surface area contributed by atoms with E-state index in [9.17, 15) is 4.79 Å². The van der Waals surface area contributed by atoms with Crippen molar-refractivity contribution < 1.29 is 9.21 Å². The summed E-state index contributed by atoms with van der Waals surface area (Å²) in [6.07, 6.45) is 7.12. The third-order valence-corrected chi connectivity index (χ3v) is 5.11. The Bertz CT molecular complexity index is 743. The largest absolute Gasteiger partial charge is 0.448 e. The second kappa shape index (κ2) is 8.45. The van der Waals surface area contributed by atoms with Crippen LogP contribution in [-0.2, 0) is 13.0 Å². The molecular formula is C20H28N4O2. The molecule has 2 aromatic rings. The zero-order chi connectivity index (χ0) is 18.5. The maximum Gasteiger partial charge on any atom is 0.276 e. The molecule has 1 fully saturated rings. The number of hydrogen-bond acceptors (Lipinski definition) is 5. The Labute approximate surface area is 155 Å². The molecule has 6 heteroatoms. The number of likely N-dealkylation sites (N-methyl/N-ethyl adjacent to an activating group) is 1. The summed E-state index contributed by atoms with van der Waals surface area (Å²) in [6.45, 7) is 6.48. The number of oxazole rings is 1. The standard InChI is InChI=1S/C20H28N4O2/c1-4-18-19(22-14-26-18)20(25)24-11-6-5-9-16(24)12-23(3)13-17-15(2)8-7-10-21-17/h7-8,10,14,16H,4-6,9,11-13H2,1-3H3/t16-/m1/s1. The van der Waals surface area contributed by atoms with Crippen LogP contribution in [0, 0.1) is 6.92 Å². The Morgan fingerprint density at radius 2 is 2.23 bits per heavy atom. The van der Waals surface area contributed by atoms with E-state index >= 15 is 0 Å². The Morgan fingerprint density at radius 1 is 1.38 bits per heavy atom. The molecule has 0 aliphatic carbocycles. The molecule has 0 spiro atoms. The van der Waals surface area contributed by atoms with Gasteiger partial charge in [-0.3, -0.25) is 14.7 Å². The van der Waals surface area contributed by atoms with Crippen molar-refractivity contribution in [1.82, 2.24) is 19.8 Å². The first-order chi connectivity index (χ1) is 12.6. The first-order valence-corrected chi connectivity index (χ1v) is 9.42. The fraction of sp³-hybridized carbons (Fsp3) is 0.550. The van der Waals surface area contributed by atoms with Gasteiger partial charge in [0.05, 0.1) is 5.69 Å². The quantitative estimate of drug-likeness (QED) is 0.796. The van der Waals surface area contributed by atoms with Crippen LogP contribution in [0.3, 0.4) is 0 Å². The minimum Gasteiger partial charge on any atom is -0.448 e. The normalized spacial score (nSPS) is 17.7. The summed E-state index contributed by atoms with van der Waals surface area (Å²) in [5, 5.41) is 0. The van der Waals surface area contributed by atoms with Gasteiger partial charge in [-0.05, 0) is 44.9 Å². The molecule has 1 atom stereocenters. The maximum atomic E-state index is 13.0. The number of likely N-dealkylation sites (tertiary alicyclic amines) is 1. The first-order valence-electron chi connectivity index (χ1n) is 9.42. The van der Waals surface area contributed by atoms with E-state index in [-0.39, 0.29) is 11.9 Å². The Balaban J connectivity index is 1.69. The number of carbonyl (C=O) groups excluding carboxylic acids is 1. The minimum absolute atomic E-state index is 0.00252. The summed E-state index contributed by atoms with van der Waals surface area (Å²) in [5.41, 5.74) is 2.77. The van der Waals surface area contributed by atoms with Gasteiger partial charge in [-0.2, -0.15) is 0 Å². The zero-order valence-corrected chi connectivity index (χ0v) is 15.9. The average molecular weight is 356 g/mol. The molecule has 3 rings (SSSR count). The second-order valence-electron chi connectivity index (χ2n) is 7.09. The molecule has 0 radical (unpaired) electrons. The molecule has 0 saturated carbocycles. The van der Waals surface area contributed by atoms with E-state index in [0.717, 1.165) is 44.6 Å². The number of pyridine rings is 1. The summed E-state index contributed by atoms with van der Waals surface area (Å²) >= 11 is 0. The van der Waals surface area contributed by atoms with Gasteiger partial charge >= 0.3 is 0 Å². The highest BCUT2D eigenvalue weighted by molar-refractivity contribution is 5.93. The van der Waals surface area contributed by atoms with Crippen LogP contribution in [0.4, 0.5) is 0 Å². The van der Waals surface area contributed by atoms with E-state index in [0.29, 0.717) is 17.9 Å². The smallest absolute Gasteiger partial charge is 0.276 e. The Kier molecular flexibility index (Phi) is 6.04. The van der Waals surface area contributed by atoms with Gasteiger partial charge in [0.15, 0.2) is 12.1 Å². The van der Waals surface area contributed by atoms with Gasteiger partial charge in [-0.15, -0.1) is 0 Å². The predicted molar refractivity (Wildman–Crippen MR) is 99.9 cm³/mol. The van der Waals surface area contributed by atoms with E-state index < -0.39 is 0 Å². The van der Waals surface area contributed by atoms with Crippen molar-refractivity contribution in [2.24, 2.45) is 0 Å². The highest BCUT2D eigenvalue weighted by Gasteiger charge is 2.31. The molecule has 26 heavy (non-hydrogen) atoms. The Hall–Kier alpha value is -2.21. The maximum absolute atomic E-state index is 13.0. The molecule has 0 bridgehead atoms. The van der Waals surface area contributed by atoms with Gasteiger partial charge in [0, 0.05) is 38.3 Å². The lowest BCUT2D eigenvalue weighted by Gasteiger charge is -2.37. The molecular weight excluding hydrogens is 328 g/mol. The molecule has 1 amide bonds. The summed E-state index contributed by atoms with van der Waals surface area (Å²) < 4.78 is 5.36. The average Bonchev–Trinajstić information content (AvgIpc) is 3.12. The van der Waals surface area contributed by atoms with Gasteiger partial charge in [0.2, 0.25) is 0 Å². The van der Waals surface area contributed by atoms with Crippen LogP contribution >= 0.6 is 0 Å². The van der Waals surface area contributed by atoms with Crippen molar-refractivity contribution in [3.05, 3.63) is 47.4 Å². The number of aryl methyl sites for hydroxylation is 2. The molecule has 1 aliphatic rings. The van der Waals surface area contributed by atoms with E-state index in [4.69, 9.17) is 4.42 Å². The molecule has 140 valence electrons. The van der Waals surface area contributed by atoms with Gasteiger partial charge in [-0.1, -0.05) is 13.0 Å². The van der Waals surface area contributed by atoms with Crippen molar-refractivity contribution in [3.8, 4) is 0 Å². The fourth-order valence-corrected chi connectivity index (χ4v) is 3.65. The lowest BCUT2D eigenvalue weighted by Crippen LogP contribution is -2.49. The number of piperidine rings is 1. The Morgan fingerprint density at radius 3 is 3.00 bits per heavy atom. The van der Waals surface area contributed by atoms with Gasteiger partial charge in [-0.25, -0.2) is 4.98 Å². The van der Waals surface area contributed by atoms with E-state index in [1.807, 2.05) is 24.1 Å². The van der Waals surface area contributed by atoms with Gasteiger partial charge < -0.3 is 9.32 Å². The summed E-state index contributed by atoms with van der Waals surface area (Å²) in [5.74, 6) is 0.680. The van der Waals surface area contributed by atoms with Crippen LogP contribution in [0.5, 0.6) is 0 Å². The molecule has 3 heterocycles.